The maximum atomic E-state index is 13.4. The molecule has 1 aliphatic carbocycles. The summed E-state index contributed by atoms with van der Waals surface area (Å²) in [6.45, 7) is 6.56. The Morgan fingerprint density at radius 3 is 2.56 bits per heavy atom. The number of nitrogens with zero attached hydrogens (tertiary/aromatic N) is 3. The Kier molecular flexibility index (Phi) is 7.64. The van der Waals surface area contributed by atoms with Gasteiger partial charge in [0.25, 0.3) is 0 Å². The third kappa shape index (κ3) is 5.89. The molecule has 0 unspecified atom stereocenters. The summed E-state index contributed by atoms with van der Waals surface area (Å²) >= 11 is 0. The van der Waals surface area contributed by atoms with Gasteiger partial charge in [0.05, 0.1) is 5.39 Å². The summed E-state index contributed by atoms with van der Waals surface area (Å²) in [6.07, 6.45) is 8.57. The van der Waals surface area contributed by atoms with Gasteiger partial charge in [0.2, 0.25) is 5.91 Å². The van der Waals surface area contributed by atoms with E-state index in [-0.39, 0.29) is 11.7 Å². The van der Waals surface area contributed by atoms with Gasteiger partial charge >= 0.3 is 0 Å². The van der Waals surface area contributed by atoms with Crippen LogP contribution in [-0.2, 0) is 9.53 Å². The molecular weight excluding hydrogens is 435 g/mol. The molecule has 2 saturated heterocycles. The van der Waals surface area contributed by atoms with Gasteiger partial charge in [-0.25, -0.2) is 4.39 Å². The van der Waals surface area contributed by atoms with Gasteiger partial charge in [-0.05, 0) is 75.5 Å². The number of anilines is 1. The van der Waals surface area contributed by atoms with E-state index in [0.29, 0.717) is 24.0 Å². The SMILES string of the molecule is O=C(CC1CCOCC1)N[C@H]1CC[C@H](CCN2CCN(c3noc4cc(F)ccc34)CC2)CC1. The van der Waals surface area contributed by atoms with Crippen LogP contribution in [0.1, 0.15) is 51.4 Å². The molecule has 186 valence electrons. The molecular formula is C26H37FN4O3. The predicted molar refractivity (Wildman–Crippen MR) is 129 cm³/mol. The number of carbonyl (C=O) groups excluding carboxylic acids is 1. The molecule has 1 amide bonds. The van der Waals surface area contributed by atoms with Crippen LogP contribution in [0.4, 0.5) is 10.2 Å². The highest BCUT2D eigenvalue weighted by molar-refractivity contribution is 5.88. The summed E-state index contributed by atoms with van der Waals surface area (Å²) in [5.74, 6) is 2.02. The van der Waals surface area contributed by atoms with E-state index in [9.17, 15) is 9.18 Å². The van der Waals surface area contributed by atoms with Gasteiger partial charge in [0, 0.05) is 57.9 Å². The summed E-state index contributed by atoms with van der Waals surface area (Å²) in [7, 11) is 0. The van der Waals surface area contributed by atoms with E-state index >= 15 is 0 Å². The minimum Gasteiger partial charge on any atom is -0.381 e. The van der Waals surface area contributed by atoms with Gasteiger partial charge in [-0.15, -0.1) is 0 Å². The van der Waals surface area contributed by atoms with E-state index in [1.807, 2.05) is 0 Å². The molecule has 34 heavy (non-hydrogen) atoms. The molecule has 1 aromatic heterocycles. The van der Waals surface area contributed by atoms with Crippen LogP contribution in [-0.4, -0.2) is 67.9 Å². The van der Waals surface area contributed by atoms with Crippen molar-refractivity contribution in [1.82, 2.24) is 15.4 Å². The van der Waals surface area contributed by atoms with Crippen molar-refractivity contribution in [3.8, 4) is 0 Å². The summed E-state index contributed by atoms with van der Waals surface area (Å²) in [5.41, 5.74) is 0.507. The Balaban J connectivity index is 0.992. The Hall–Kier alpha value is -2.19. The minimum atomic E-state index is -0.300. The number of nitrogens with one attached hydrogen (secondary N) is 1. The van der Waals surface area contributed by atoms with Gasteiger partial charge in [-0.3, -0.25) is 9.69 Å². The van der Waals surface area contributed by atoms with E-state index in [1.54, 1.807) is 6.07 Å². The van der Waals surface area contributed by atoms with Crippen molar-refractivity contribution >= 4 is 22.7 Å². The second-order valence-electron chi connectivity index (χ2n) is 10.3. The first-order valence-electron chi connectivity index (χ1n) is 13.0. The van der Waals surface area contributed by atoms with E-state index in [0.717, 1.165) is 88.7 Å². The minimum absolute atomic E-state index is 0.234. The number of piperazine rings is 1. The normalized spacial score (nSPS) is 25.0. The zero-order valence-electron chi connectivity index (χ0n) is 20.0. The van der Waals surface area contributed by atoms with E-state index in [2.05, 4.69) is 20.3 Å². The highest BCUT2D eigenvalue weighted by Gasteiger charge is 2.26. The van der Waals surface area contributed by atoms with Crippen LogP contribution in [0.15, 0.2) is 22.7 Å². The molecule has 1 N–H and O–H groups in total. The van der Waals surface area contributed by atoms with E-state index < -0.39 is 0 Å². The molecule has 2 aliphatic heterocycles. The van der Waals surface area contributed by atoms with Gasteiger partial charge in [-0.2, -0.15) is 0 Å². The number of hydrogen-bond acceptors (Lipinski definition) is 6. The monoisotopic (exact) mass is 472 g/mol. The van der Waals surface area contributed by atoms with E-state index in [1.165, 1.54) is 31.4 Å². The van der Waals surface area contributed by atoms with Crippen molar-refractivity contribution in [2.75, 3.05) is 50.8 Å². The molecule has 3 heterocycles. The first-order valence-corrected chi connectivity index (χ1v) is 13.0. The first kappa shape index (κ1) is 23.5. The smallest absolute Gasteiger partial charge is 0.220 e. The van der Waals surface area contributed by atoms with Gasteiger partial charge < -0.3 is 19.5 Å². The molecule has 0 atom stereocenters. The van der Waals surface area contributed by atoms with Crippen LogP contribution >= 0.6 is 0 Å². The van der Waals surface area contributed by atoms with Gasteiger partial charge in [0.15, 0.2) is 11.4 Å². The number of carbonyl (C=O) groups is 1. The fraction of sp³-hybridized carbons (Fsp3) is 0.692. The van der Waals surface area contributed by atoms with E-state index in [4.69, 9.17) is 9.26 Å². The Labute approximate surface area is 201 Å². The summed E-state index contributed by atoms with van der Waals surface area (Å²) in [5, 5.41) is 8.37. The van der Waals surface area contributed by atoms with Crippen LogP contribution in [0.2, 0.25) is 0 Å². The van der Waals surface area contributed by atoms with Crippen molar-refractivity contribution in [2.45, 2.75) is 57.4 Å². The molecule has 7 nitrogen and oxygen atoms in total. The zero-order chi connectivity index (χ0) is 23.3. The predicted octanol–water partition coefficient (Wildman–Crippen LogP) is 3.97. The van der Waals surface area contributed by atoms with Crippen LogP contribution in [0.25, 0.3) is 11.0 Å². The zero-order valence-corrected chi connectivity index (χ0v) is 20.0. The summed E-state index contributed by atoms with van der Waals surface area (Å²) in [4.78, 5) is 17.2. The number of benzene rings is 1. The molecule has 0 radical (unpaired) electrons. The molecule has 3 fully saturated rings. The molecule has 0 spiro atoms. The third-order valence-electron chi connectivity index (χ3n) is 7.97. The summed E-state index contributed by atoms with van der Waals surface area (Å²) in [6, 6.07) is 4.98. The number of amides is 1. The molecule has 3 aliphatic rings. The second kappa shape index (κ2) is 11.0. The number of fused-ring (bicyclic) bond motifs is 1. The molecule has 0 bridgehead atoms. The molecule has 8 heteroatoms. The molecule has 5 rings (SSSR count). The highest BCUT2D eigenvalue weighted by Crippen LogP contribution is 2.29. The Bertz CT molecular complexity index is 945. The maximum Gasteiger partial charge on any atom is 0.220 e. The second-order valence-corrected chi connectivity index (χ2v) is 10.3. The Morgan fingerprint density at radius 1 is 1.03 bits per heavy atom. The van der Waals surface area contributed by atoms with Crippen molar-refractivity contribution in [3.63, 3.8) is 0 Å². The number of aromatic nitrogens is 1. The maximum absolute atomic E-state index is 13.4. The largest absolute Gasteiger partial charge is 0.381 e. The van der Waals surface area contributed by atoms with Crippen molar-refractivity contribution < 1.29 is 18.4 Å². The lowest BCUT2D eigenvalue weighted by molar-refractivity contribution is -0.123. The summed E-state index contributed by atoms with van der Waals surface area (Å²) < 4.78 is 24.1. The Morgan fingerprint density at radius 2 is 1.79 bits per heavy atom. The number of rotatable bonds is 7. The first-order chi connectivity index (χ1) is 16.6. The lowest BCUT2D eigenvalue weighted by Crippen LogP contribution is -2.47. The van der Waals surface area contributed by atoms with Crippen LogP contribution in [0.5, 0.6) is 0 Å². The third-order valence-corrected chi connectivity index (χ3v) is 7.97. The average Bonchev–Trinajstić information content (AvgIpc) is 3.27. The van der Waals surface area contributed by atoms with Crippen LogP contribution in [0, 0.1) is 17.7 Å². The van der Waals surface area contributed by atoms with Gasteiger partial charge in [0.1, 0.15) is 5.82 Å². The average molecular weight is 473 g/mol. The van der Waals surface area contributed by atoms with Crippen molar-refractivity contribution in [3.05, 3.63) is 24.0 Å². The lowest BCUT2D eigenvalue weighted by atomic mass is 9.83. The topological polar surface area (TPSA) is 70.8 Å². The fourth-order valence-corrected chi connectivity index (χ4v) is 5.77. The fourth-order valence-electron chi connectivity index (χ4n) is 5.77. The van der Waals surface area contributed by atoms with Crippen LogP contribution < -0.4 is 10.2 Å². The van der Waals surface area contributed by atoms with Crippen molar-refractivity contribution in [1.29, 1.82) is 0 Å². The highest BCUT2D eigenvalue weighted by atomic mass is 19.1. The standard InChI is InChI=1S/C26H37FN4O3/c27-21-3-6-23-24(18-21)34-29-26(23)31-13-11-30(12-14-31)10-7-19-1-4-22(5-2-19)28-25(32)17-20-8-15-33-16-9-20/h3,6,18-20,22H,1-2,4-5,7-17H2,(H,28,32)/t19-,22-. The van der Waals surface area contributed by atoms with Crippen LogP contribution in [0.3, 0.4) is 0 Å². The number of hydrogen-bond donors (Lipinski definition) is 1. The van der Waals surface area contributed by atoms with Crippen molar-refractivity contribution in [2.24, 2.45) is 11.8 Å². The van der Waals surface area contributed by atoms with Gasteiger partial charge in [-0.1, -0.05) is 5.16 Å². The number of halogens is 1. The quantitative estimate of drug-likeness (QED) is 0.658. The lowest BCUT2D eigenvalue weighted by Gasteiger charge is -2.36. The molecule has 1 saturated carbocycles. The molecule has 1 aromatic carbocycles. The number of ether oxygens (including phenoxy) is 1. The molecule has 2 aromatic rings.